The number of anilines is 2. The lowest BCUT2D eigenvalue weighted by atomic mass is 10.1. The maximum Gasteiger partial charge on any atom is 0.255 e. The molecule has 0 fully saturated rings. The van der Waals surface area contributed by atoms with Crippen molar-refractivity contribution in [3.8, 4) is 0 Å². The van der Waals surface area contributed by atoms with E-state index in [1.54, 1.807) is 6.07 Å². The molecule has 3 rings (SSSR count). The Bertz CT molecular complexity index is 662. The Morgan fingerprint density at radius 3 is 2.95 bits per heavy atom. The highest BCUT2D eigenvalue weighted by molar-refractivity contribution is 6.34. The van der Waals surface area contributed by atoms with E-state index in [0.717, 1.165) is 24.2 Å². The van der Waals surface area contributed by atoms with Gasteiger partial charge in [-0.3, -0.25) is 4.79 Å². The fraction of sp³-hybridized carbons (Fsp3) is 0.188. The van der Waals surface area contributed by atoms with Gasteiger partial charge in [-0.15, -0.1) is 0 Å². The Kier molecular flexibility index (Phi) is 3.36. The fourth-order valence-electron chi connectivity index (χ4n) is 2.41. The molecule has 1 aliphatic heterocycles. The molecule has 0 saturated heterocycles. The standard InChI is InChI=1S/C16H15ClN2O/c1-10-3-2-4-13(17)15(10)19-16(20)12-6-5-11-7-8-18-14(11)9-12/h2-6,9,18H,7-8H2,1H3,(H,19,20). The van der Waals surface area contributed by atoms with Crippen LogP contribution < -0.4 is 10.6 Å². The Morgan fingerprint density at radius 1 is 1.30 bits per heavy atom. The molecule has 2 N–H and O–H groups in total. The second-order valence-electron chi connectivity index (χ2n) is 4.93. The Hall–Kier alpha value is -2.00. The van der Waals surface area contributed by atoms with Crippen molar-refractivity contribution < 1.29 is 4.79 Å². The molecule has 1 amide bonds. The number of hydrogen-bond acceptors (Lipinski definition) is 2. The van der Waals surface area contributed by atoms with Crippen molar-refractivity contribution in [1.82, 2.24) is 0 Å². The van der Waals surface area contributed by atoms with Crippen molar-refractivity contribution in [1.29, 1.82) is 0 Å². The second kappa shape index (κ2) is 5.17. The van der Waals surface area contributed by atoms with Crippen LogP contribution in [0, 0.1) is 6.92 Å². The highest BCUT2D eigenvalue weighted by Crippen LogP contribution is 2.27. The molecule has 102 valence electrons. The molecular formula is C16H15ClN2O. The summed E-state index contributed by atoms with van der Waals surface area (Å²) >= 11 is 6.13. The average molecular weight is 287 g/mol. The van der Waals surface area contributed by atoms with Gasteiger partial charge in [0.25, 0.3) is 5.91 Å². The zero-order valence-corrected chi connectivity index (χ0v) is 11.9. The van der Waals surface area contributed by atoms with Crippen molar-refractivity contribution in [3.05, 3.63) is 58.1 Å². The summed E-state index contributed by atoms with van der Waals surface area (Å²) in [6.45, 7) is 2.86. The zero-order chi connectivity index (χ0) is 14.1. The third-order valence-electron chi connectivity index (χ3n) is 3.54. The molecule has 0 bridgehead atoms. The molecule has 0 aromatic heterocycles. The largest absolute Gasteiger partial charge is 0.384 e. The first-order valence-corrected chi connectivity index (χ1v) is 6.96. The highest BCUT2D eigenvalue weighted by Gasteiger charge is 2.15. The van der Waals surface area contributed by atoms with Gasteiger partial charge in [-0.25, -0.2) is 0 Å². The van der Waals surface area contributed by atoms with Crippen LogP contribution in [-0.2, 0) is 6.42 Å². The third kappa shape index (κ3) is 2.37. The monoisotopic (exact) mass is 286 g/mol. The molecule has 0 unspecified atom stereocenters. The third-order valence-corrected chi connectivity index (χ3v) is 3.86. The lowest BCUT2D eigenvalue weighted by Crippen LogP contribution is -2.13. The van der Waals surface area contributed by atoms with E-state index in [4.69, 9.17) is 11.6 Å². The number of nitrogens with one attached hydrogen (secondary N) is 2. The molecule has 0 spiro atoms. The number of halogens is 1. The molecule has 0 radical (unpaired) electrons. The summed E-state index contributed by atoms with van der Waals surface area (Å²) in [4.78, 5) is 12.3. The van der Waals surface area contributed by atoms with Crippen LogP contribution >= 0.6 is 11.6 Å². The van der Waals surface area contributed by atoms with Gasteiger partial charge < -0.3 is 10.6 Å². The van der Waals surface area contributed by atoms with Crippen molar-refractivity contribution in [2.75, 3.05) is 17.2 Å². The summed E-state index contributed by atoms with van der Waals surface area (Å²) in [6.07, 6.45) is 1.01. The van der Waals surface area contributed by atoms with Crippen LogP contribution in [0.5, 0.6) is 0 Å². The number of rotatable bonds is 2. The van der Waals surface area contributed by atoms with Gasteiger partial charge >= 0.3 is 0 Å². The fourth-order valence-corrected chi connectivity index (χ4v) is 2.68. The van der Waals surface area contributed by atoms with Crippen LogP contribution in [0.4, 0.5) is 11.4 Å². The molecular weight excluding hydrogens is 272 g/mol. The number of hydrogen-bond donors (Lipinski definition) is 2. The molecule has 0 saturated carbocycles. The van der Waals surface area contributed by atoms with Gasteiger partial charge in [-0.05, 0) is 42.7 Å². The maximum absolute atomic E-state index is 12.3. The SMILES string of the molecule is Cc1cccc(Cl)c1NC(=O)c1ccc2c(c1)NCC2. The summed E-state index contributed by atoms with van der Waals surface area (Å²) in [5.41, 5.74) is 4.57. The van der Waals surface area contributed by atoms with Crippen LogP contribution in [0.3, 0.4) is 0 Å². The van der Waals surface area contributed by atoms with Crippen LogP contribution in [0.25, 0.3) is 0 Å². The number of amides is 1. The van der Waals surface area contributed by atoms with Crippen molar-refractivity contribution >= 4 is 28.9 Å². The van der Waals surface area contributed by atoms with Crippen molar-refractivity contribution in [2.24, 2.45) is 0 Å². The number of benzene rings is 2. The highest BCUT2D eigenvalue weighted by atomic mass is 35.5. The quantitative estimate of drug-likeness (QED) is 0.880. The van der Waals surface area contributed by atoms with E-state index >= 15 is 0 Å². The van der Waals surface area contributed by atoms with Crippen LogP contribution in [0.1, 0.15) is 21.5 Å². The lowest BCUT2D eigenvalue weighted by Gasteiger charge is -2.11. The average Bonchev–Trinajstić information content (AvgIpc) is 2.90. The zero-order valence-electron chi connectivity index (χ0n) is 11.2. The van der Waals surface area contributed by atoms with E-state index in [2.05, 4.69) is 10.6 Å². The van der Waals surface area contributed by atoms with Gasteiger partial charge in [0.1, 0.15) is 0 Å². The predicted molar refractivity (Wildman–Crippen MR) is 82.8 cm³/mol. The number of carbonyl (C=O) groups excluding carboxylic acids is 1. The van der Waals surface area contributed by atoms with E-state index in [1.807, 2.05) is 37.3 Å². The molecule has 0 atom stereocenters. The summed E-state index contributed by atoms with van der Waals surface area (Å²) in [7, 11) is 0. The summed E-state index contributed by atoms with van der Waals surface area (Å²) in [5, 5.41) is 6.72. The number of para-hydroxylation sites is 1. The van der Waals surface area contributed by atoms with Crippen molar-refractivity contribution in [3.63, 3.8) is 0 Å². The van der Waals surface area contributed by atoms with E-state index < -0.39 is 0 Å². The van der Waals surface area contributed by atoms with E-state index in [-0.39, 0.29) is 5.91 Å². The molecule has 3 nitrogen and oxygen atoms in total. The minimum Gasteiger partial charge on any atom is -0.384 e. The summed E-state index contributed by atoms with van der Waals surface area (Å²) in [5.74, 6) is -0.141. The Morgan fingerprint density at radius 2 is 2.15 bits per heavy atom. The van der Waals surface area contributed by atoms with Gasteiger partial charge in [0.15, 0.2) is 0 Å². The molecule has 20 heavy (non-hydrogen) atoms. The molecule has 4 heteroatoms. The van der Waals surface area contributed by atoms with E-state index in [9.17, 15) is 4.79 Å². The second-order valence-corrected chi connectivity index (χ2v) is 5.34. The first-order valence-electron chi connectivity index (χ1n) is 6.58. The first-order chi connectivity index (χ1) is 9.65. The van der Waals surface area contributed by atoms with Gasteiger partial charge in [0.05, 0.1) is 10.7 Å². The van der Waals surface area contributed by atoms with Gasteiger partial charge in [-0.2, -0.15) is 0 Å². The Labute approximate surface area is 123 Å². The van der Waals surface area contributed by atoms with Gasteiger partial charge in [0.2, 0.25) is 0 Å². The number of carbonyl (C=O) groups is 1. The van der Waals surface area contributed by atoms with Crippen LogP contribution in [0.15, 0.2) is 36.4 Å². The summed E-state index contributed by atoms with van der Waals surface area (Å²) < 4.78 is 0. The Balaban J connectivity index is 1.86. The van der Waals surface area contributed by atoms with E-state index in [0.29, 0.717) is 16.3 Å². The predicted octanol–water partition coefficient (Wildman–Crippen LogP) is 3.87. The van der Waals surface area contributed by atoms with Crippen LogP contribution in [0.2, 0.25) is 5.02 Å². The van der Waals surface area contributed by atoms with Gasteiger partial charge in [-0.1, -0.05) is 29.8 Å². The summed E-state index contributed by atoms with van der Waals surface area (Å²) in [6, 6.07) is 11.3. The maximum atomic E-state index is 12.3. The molecule has 1 aliphatic rings. The first kappa shape index (κ1) is 13.0. The van der Waals surface area contributed by atoms with Crippen molar-refractivity contribution in [2.45, 2.75) is 13.3 Å². The molecule has 0 aliphatic carbocycles. The minimum atomic E-state index is -0.141. The topological polar surface area (TPSA) is 41.1 Å². The number of fused-ring (bicyclic) bond motifs is 1. The smallest absolute Gasteiger partial charge is 0.255 e. The van der Waals surface area contributed by atoms with E-state index in [1.165, 1.54) is 5.56 Å². The minimum absolute atomic E-state index is 0.141. The van der Waals surface area contributed by atoms with Gasteiger partial charge in [0, 0.05) is 17.8 Å². The van der Waals surface area contributed by atoms with Crippen LogP contribution in [-0.4, -0.2) is 12.5 Å². The normalized spacial score (nSPS) is 12.7. The molecule has 1 heterocycles. The molecule has 2 aromatic rings. The lowest BCUT2D eigenvalue weighted by molar-refractivity contribution is 0.102. The molecule has 2 aromatic carbocycles. The number of aryl methyl sites for hydroxylation is 1.